The molecule has 0 amide bonds. The number of esters is 1. The van der Waals surface area contributed by atoms with Crippen LogP contribution < -0.4 is 38.6 Å². The molecule has 1 atom stereocenters. The smallest absolute Gasteiger partial charge is 0.338 e. The van der Waals surface area contributed by atoms with E-state index in [1.165, 1.54) is 11.3 Å². The van der Waals surface area contributed by atoms with Gasteiger partial charge in [-0.3, -0.25) is 9.36 Å². The number of thiazole rings is 1. The monoisotopic (exact) mass is 676 g/mol. The lowest BCUT2D eigenvalue weighted by atomic mass is 9.93. The van der Waals surface area contributed by atoms with Gasteiger partial charge in [-0.2, -0.15) is 0 Å². The number of fused-ring (bicyclic) bond motifs is 2. The van der Waals surface area contributed by atoms with Gasteiger partial charge in [0.2, 0.25) is 6.79 Å². The number of aromatic nitrogens is 1. The number of nitrogens with zero attached hydrogens (tertiary/aromatic N) is 2. The molecule has 10 nitrogen and oxygen atoms in total. The van der Waals surface area contributed by atoms with Crippen molar-refractivity contribution in [2.75, 3.05) is 27.6 Å². The van der Waals surface area contributed by atoms with Gasteiger partial charge >= 0.3 is 5.97 Å². The molecule has 0 saturated carbocycles. The average Bonchev–Trinajstić information content (AvgIpc) is 3.73. The molecule has 0 bridgehead atoms. The molecule has 0 N–H and O–H groups in total. The van der Waals surface area contributed by atoms with Crippen molar-refractivity contribution < 1.29 is 33.2 Å². The summed E-state index contributed by atoms with van der Waals surface area (Å²) < 4.78 is 35.7. The number of methoxy groups -OCH3 is 2. The summed E-state index contributed by atoms with van der Waals surface area (Å²) in [6.45, 7) is 2.41. The van der Waals surface area contributed by atoms with Gasteiger partial charge in [0, 0.05) is 5.56 Å². The second kappa shape index (κ2) is 13.7. The Morgan fingerprint density at radius 3 is 2.57 bits per heavy atom. The minimum absolute atomic E-state index is 0.165. The predicted octanol–water partition coefficient (Wildman–Crippen LogP) is 5.26. The topological polar surface area (TPSA) is 107 Å². The van der Waals surface area contributed by atoms with Crippen LogP contribution in [0.4, 0.5) is 0 Å². The zero-order valence-electron chi connectivity index (χ0n) is 27.0. The quantitative estimate of drug-likeness (QED) is 0.185. The number of hydrogen-bond acceptors (Lipinski definition) is 10. The van der Waals surface area contributed by atoms with Crippen LogP contribution in [0.25, 0.3) is 11.8 Å². The van der Waals surface area contributed by atoms with E-state index in [2.05, 4.69) is 0 Å². The summed E-state index contributed by atoms with van der Waals surface area (Å²) in [5.74, 6) is 2.49. The molecule has 5 aromatic rings. The Hall–Kier alpha value is -5.81. The highest BCUT2D eigenvalue weighted by Crippen LogP contribution is 2.37. The first-order valence-electron chi connectivity index (χ1n) is 15.6. The van der Waals surface area contributed by atoms with Gasteiger partial charge in [0.15, 0.2) is 27.8 Å². The summed E-state index contributed by atoms with van der Waals surface area (Å²) in [5, 5.41) is 0. The summed E-state index contributed by atoms with van der Waals surface area (Å²) in [6, 6.07) is 27.1. The van der Waals surface area contributed by atoms with Crippen LogP contribution in [-0.2, 0) is 16.1 Å². The van der Waals surface area contributed by atoms with Crippen molar-refractivity contribution in [3.63, 3.8) is 0 Å². The van der Waals surface area contributed by atoms with Crippen molar-refractivity contribution in [1.82, 2.24) is 4.57 Å². The molecule has 1 aromatic heterocycles. The fourth-order valence-electron chi connectivity index (χ4n) is 5.80. The SMILES string of the molecule is CCOC(=O)C1=C(c2ccccc2)N=c2s/c(=C\c3ccc(OCc4ccc5c(c4)OCO5)c(OC)c3)c(=O)n2[C@@H]1c1cccc(OC)c1. The van der Waals surface area contributed by atoms with Crippen molar-refractivity contribution in [3.05, 3.63) is 139 Å². The lowest BCUT2D eigenvalue weighted by Gasteiger charge is -2.26. The summed E-state index contributed by atoms with van der Waals surface area (Å²) >= 11 is 1.24. The Morgan fingerprint density at radius 1 is 0.939 bits per heavy atom. The third-order valence-corrected chi connectivity index (χ3v) is 9.08. The fraction of sp³-hybridized carbons (Fsp3) is 0.184. The van der Waals surface area contributed by atoms with Crippen molar-refractivity contribution in [2.24, 2.45) is 4.99 Å². The molecule has 0 spiro atoms. The van der Waals surface area contributed by atoms with Crippen molar-refractivity contribution in [1.29, 1.82) is 0 Å². The Morgan fingerprint density at radius 2 is 1.78 bits per heavy atom. The maximum Gasteiger partial charge on any atom is 0.338 e. The largest absolute Gasteiger partial charge is 0.497 e. The van der Waals surface area contributed by atoms with Crippen molar-refractivity contribution in [3.8, 4) is 28.7 Å². The van der Waals surface area contributed by atoms with E-state index in [1.54, 1.807) is 37.9 Å². The molecular weight excluding hydrogens is 644 g/mol. The number of benzene rings is 4. The molecule has 0 aliphatic carbocycles. The second-order valence-corrected chi connectivity index (χ2v) is 12.1. The van der Waals surface area contributed by atoms with Crippen LogP contribution in [0, 0.1) is 0 Å². The molecule has 0 unspecified atom stereocenters. The Bertz CT molecular complexity index is 2260. The van der Waals surface area contributed by atoms with Gasteiger partial charge in [0.1, 0.15) is 12.4 Å². The average molecular weight is 677 g/mol. The molecule has 0 radical (unpaired) electrons. The van der Waals surface area contributed by atoms with E-state index < -0.39 is 12.0 Å². The first kappa shape index (κ1) is 31.8. The van der Waals surface area contributed by atoms with Gasteiger partial charge < -0.3 is 28.4 Å². The molecule has 4 aromatic carbocycles. The van der Waals surface area contributed by atoms with E-state index in [9.17, 15) is 9.59 Å². The highest BCUT2D eigenvalue weighted by molar-refractivity contribution is 7.07. The van der Waals surface area contributed by atoms with E-state index in [1.807, 2.05) is 84.9 Å². The van der Waals surface area contributed by atoms with Crippen molar-refractivity contribution >= 4 is 29.1 Å². The van der Waals surface area contributed by atoms with Crippen LogP contribution in [0.1, 0.15) is 35.2 Å². The lowest BCUT2D eigenvalue weighted by molar-refractivity contribution is -0.138. The summed E-state index contributed by atoms with van der Waals surface area (Å²) in [7, 11) is 3.14. The molecule has 7 rings (SSSR count). The minimum atomic E-state index is -0.816. The standard InChI is InChI=1S/C38H32N2O8S/c1-4-45-37(42)33-34(25-9-6-5-7-10-25)39-38-40(35(33)26-11-8-12-27(20-26)43-2)36(41)32(49-38)19-23-13-15-28(30(17-23)44-3)46-21-24-14-16-29-31(18-24)48-22-47-29/h5-20,35H,4,21-22H2,1-3H3/b32-19-/t35-/m1/s1. The molecule has 248 valence electrons. The molecule has 2 aliphatic rings. The molecular formula is C38H32N2O8S. The number of carbonyl (C=O) groups excluding carboxylic acids is 1. The van der Waals surface area contributed by atoms with Gasteiger partial charge in [-0.05, 0) is 66.1 Å². The second-order valence-electron chi connectivity index (χ2n) is 11.1. The van der Waals surface area contributed by atoms with Crippen LogP contribution in [0.2, 0.25) is 0 Å². The fourth-order valence-corrected chi connectivity index (χ4v) is 6.80. The first-order valence-corrected chi connectivity index (χ1v) is 16.4. The minimum Gasteiger partial charge on any atom is -0.497 e. The molecule has 0 saturated heterocycles. The van der Waals surface area contributed by atoms with E-state index in [0.717, 1.165) is 16.7 Å². The maximum atomic E-state index is 14.3. The summed E-state index contributed by atoms with van der Waals surface area (Å²) in [5.41, 5.74) is 3.48. The van der Waals surface area contributed by atoms with Crippen LogP contribution >= 0.6 is 11.3 Å². The highest BCUT2D eigenvalue weighted by Gasteiger charge is 2.35. The number of rotatable bonds is 10. The Kier molecular flexibility index (Phi) is 8.91. The first-order chi connectivity index (χ1) is 24.0. The van der Waals surface area contributed by atoms with Gasteiger partial charge in [0.25, 0.3) is 5.56 Å². The van der Waals surface area contributed by atoms with Gasteiger partial charge in [-0.1, -0.05) is 65.9 Å². The summed E-state index contributed by atoms with van der Waals surface area (Å²) in [6.07, 6.45) is 1.78. The summed E-state index contributed by atoms with van der Waals surface area (Å²) in [4.78, 5) is 33.4. The van der Waals surface area contributed by atoms with Crippen LogP contribution in [0.5, 0.6) is 28.7 Å². The molecule has 49 heavy (non-hydrogen) atoms. The Balaban J connectivity index is 1.31. The number of hydrogen-bond donors (Lipinski definition) is 0. The Labute approximate surface area is 285 Å². The zero-order chi connectivity index (χ0) is 33.9. The lowest BCUT2D eigenvalue weighted by Crippen LogP contribution is -2.40. The molecule has 3 heterocycles. The van der Waals surface area contributed by atoms with Crippen LogP contribution in [-0.4, -0.2) is 38.2 Å². The zero-order valence-corrected chi connectivity index (χ0v) is 27.8. The van der Waals surface area contributed by atoms with E-state index >= 15 is 0 Å². The van der Waals surface area contributed by atoms with Gasteiger partial charge in [-0.25, -0.2) is 9.79 Å². The third-order valence-electron chi connectivity index (χ3n) is 8.10. The van der Waals surface area contributed by atoms with Crippen LogP contribution in [0.15, 0.2) is 106 Å². The molecule has 11 heteroatoms. The van der Waals surface area contributed by atoms with Crippen LogP contribution in [0.3, 0.4) is 0 Å². The van der Waals surface area contributed by atoms with E-state index in [-0.39, 0.29) is 24.5 Å². The predicted molar refractivity (Wildman–Crippen MR) is 184 cm³/mol. The third kappa shape index (κ3) is 6.28. The maximum absolute atomic E-state index is 14.3. The highest BCUT2D eigenvalue weighted by atomic mass is 32.1. The normalized spacial score (nSPS) is 15.0. The number of carbonyl (C=O) groups is 1. The molecule has 0 fully saturated rings. The molecule has 2 aliphatic heterocycles. The number of ether oxygens (including phenoxy) is 6. The van der Waals surface area contributed by atoms with E-state index in [4.69, 9.17) is 33.4 Å². The van der Waals surface area contributed by atoms with Gasteiger partial charge in [0.05, 0.1) is 42.7 Å². The van der Waals surface area contributed by atoms with Crippen molar-refractivity contribution in [2.45, 2.75) is 19.6 Å². The van der Waals surface area contributed by atoms with E-state index in [0.29, 0.717) is 55.9 Å². The van der Waals surface area contributed by atoms with Gasteiger partial charge in [-0.15, -0.1) is 0 Å².